The number of carbonyl (C=O) groups is 1. The van der Waals surface area contributed by atoms with Gasteiger partial charge >= 0.3 is 0 Å². The molecule has 1 aromatic rings. The van der Waals surface area contributed by atoms with Gasteiger partial charge in [0.05, 0.1) is 0 Å². The second kappa shape index (κ2) is 7.26. The summed E-state index contributed by atoms with van der Waals surface area (Å²) >= 11 is 0. The van der Waals surface area contributed by atoms with Gasteiger partial charge in [-0.05, 0) is 43.6 Å². The predicted molar refractivity (Wildman–Crippen MR) is 77.9 cm³/mol. The molecule has 1 aromatic carbocycles. The molecule has 3 N–H and O–H groups in total. The summed E-state index contributed by atoms with van der Waals surface area (Å²) in [5, 5.41) is 2.94. The SMILES string of the molecule is NCc1cccc(NC(=O)CCN2CCCCC2)c1. The number of nitrogens with zero attached hydrogens (tertiary/aromatic N) is 1. The number of rotatable bonds is 5. The maximum Gasteiger partial charge on any atom is 0.225 e. The molecule has 104 valence electrons. The Morgan fingerprint density at radius 3 is 2.79 bits per heavy atom. The van der Waals surface area contributed by atoms with Gasteiger partial charge in [-0.25, -0.2) is 0 Å². The molecule has 0 atom stereocenters. The summed E-state index contributed by atoms with van der Waals surface area (Å²) < 4.78 is 0. The third kappa shape index (κ3) is 4.65. The van der Waals surface area contributed by atoms with Gasteiger partial charge in [0.1, 0.15) is 0 Å². The van der Waals surface area contributed by atoms with Gasteiger partial charge in [-0.2, -0.15) is 0 Å². The Labute approximate surface area is 115 Å². The zero-order valence-corrected chi connectivity index (χ0v) is 11.4. The van der Waals surface area contributed by atoms with Gasteiger partial charge < -0.3 is 16.0 Å². The summed E-state index contributed by atoms with van der Waals surface area (Å²) in [5.41, 5.74) is 7.46. The summed E-state index contributed by atoms with van der Waals surface area (Å²) in [7, 11) is 0. The second-order valence-corrected chi connectivity index (χ2v) is 5.10. The van der Waals surface area contributed by atoms with E-state index in [9.17, 15) is 4.79 Å². The van der Waals surface area contributed by atoms with Crippen LogP contribution in [-0.2, 0) is 11.3 Å². The summed E-state index contributed by atoms with van der Waals surface area (Å²) in [6.07, 6.45) is 4.42. The maximum atomic E-state index is 11.9. The molecule has 4 heteroatoms. The van der Waals surface area contributed by atoms with Crippen molar-refractivity contribution >= 4 is 11.6 Å². The van der Waals surface area contributed by atoms with E-state index in [1.54, 1.807) is 0 Å². The Morgan fingerprint density at radius 2 is 2.05 bits per heavy atom. The number of hydrogen-bond donors (Lipinski definition) is 2. The van der Waals surface area contributed by atoms with Gasteiger partial charge in [-0.3, -0.25) is 4.79 Å². The fourth-order valence-electron chi connectivity index (χ4n) is 2.44. The first-order valence-corrected chi connectivity index (χ1v) is 7.09. The Balaban J connectivity index is 1.76. The highest BCUT2D eigenvalue weighted by atomic mass is 16.1. The molecular weight excluding hydrogens is 238 g/mol. The summed E-state index contributed by atoms with van der Waals surface area (Å²) in [6, 6.07) is 7.71. The molecule has 1 heterocycles. The molecule has 0 radical (unpaired) electrons. The van der Waals surface area contributed by atoms with Crippen molar-refractivity contribution in [2.45, 2.75) is 32.2 Å². The predicted octanol–water partition coefficient (Wildman–Crippen LogP) is 1.96. The molecule has 0 spiro atoms. The van der Waals surface area contributed by atoms with E-state index in [2.05, 4.69) is 10.2 Å². The Hall–Kier alpha value is -1.39. The minimum atomic E-state index is 0.0831. The van der Waals surface area contributed by atoms with Gasteiger partial charge in [0, 0.05) is 25.2 Å². The van der Waals surface area contributed by atoms with Crippen molar-refractivity contribution in [1.82, 2.24) is 4.90 Å². The second-order valence-electron chi connectivity index (χ2n) is 5.10. The number of amides is 1. The van der Waals surface area contributed by atoms with E-state index in [0.717, 1.165) is 30.9 Å². The zero-order valence-electron chi connectivity index (χ0n) is 11.4. The van der Waals surface area contributed by atoms with Crippen LogP contribution in [0.25, 0.3) is 0 Å². The maximum absolute atomic E-state index is 11.9. The van der Waals surface area contributed by atoms with E-state index in [0.29, 0.717) is 13.0 Å². The van der Waals surface area contributed by atoms with Crippen molar-refractivity contribution < 1.29 is 4.79 Å². The van der Waals surface area contributed by atoms with Crippen LogP contribution in [-0.4, -0.2) is 30.4 Å². The van der Waals surface area contributed by atoms with Crippen molar-refractivity contribution in [3.63, 3.8) is 0 Å². The minimum absolute atomic E-state index is 0.0831. The smallest absolute Gasteiger partial charge is 0.225 e. The molecule has 1 aliphatic rings. The summed E-state index contributed by atoms with van der Waals surface area (Å²) in [5.74, 6) is 0.0831. The van der Waals surface area contributed by atoms with Crippen molar-refractivity contribution in [3.05, 3.63) is 29.8 Å². The average Bonchev–Trinajstić information content (AvgIpc) is 2.46. The highest BCUT2D eigenvalue weighted by Crippen LogP contribution is 2.12. The number of likely N-dealkylation sites (tertiary alicyclic amines) is 1. The highest BCUT2D eigenvalue weighted by molar-refractivity contribution is 5.90. The number of nitrogens with one attached hydrogen (secondary N) is 1. The zero-order chi connectivity index (χ0) is 13.5. The number of piperidine rings is 1. The molecule has 0 aromatic heterocycles. The summed E-state index contributed by atoms with van der Waals surface area (Å²) in [6.45, 7) is 3.63. The minimum Gasteiger partial charge on any atom is -0.326 e. The van der Waals surface area contributed by atoms with Crippen molar-refractivity contribution in [1.29, 1.82) is 0 Å². The molecule has 1 amide bonds. The lowest BCUT2D eigenvalue weighted by atomic mass is 10.1. The van der Waals surface area contributed by atoms with Crippen LogP contribution < -0.4 is 11.1 Å². The normalized spacial score (nSPS) is 16.3. The fraction of sp³-hybridized carbons (Fsp3) is 0.533. The summed E-state index contributed by atoms with van der Waals surface area (Å²) in [4.78, 5) is 14.3. The lowest BCUT2D eigenvalue weighted by molar-refractivity contribution is -0.116. The average molecular weight is 261 g/mol. The molecule has 4 nitrogen and oxygen atoms in total. The molecule has 19 heavy (non-hydrogen) atoms. The van der Waals surface area contributed by atoms with Crippen LogP contribution in [0, 0.1) is 0 Å². The van der Waals surface area contributed by atoms with Gasteiger partial charge in [-0.15, -0.1) is 0 Å². The van der Waals surface area contributed by atoms with Crippen LogP contribution in [0.5, 0.6) is 0 Å². The molecule has 0 bridgehead atoms. The highest BCUT2D eigenvalue weighted by Gasteiger charge is 2.11. The van der Waals surface area contributed by atoms with E-state index >= 15 is 0 Å². The number of carbonyl (C=O) groups excluding carboxylic acids is 1. The van der Waals surface area contributed by atoms with Gasteiger partial charge in [0.25, 0.3) is 0 Å². The van der Waals surface area contributed by atoms with Crippen LogP contribution in [0.15, 0.2) is 24.3 Å². The van der Waals surface area contributed by atoms with Crippen LogP contribution in [0.2, 0.25) is 0 Å². The molecule has 1 aliphatic heterocycles. The Bertz CT molecular complexity index is 414. The topological polar surface area (TPSA) is 58.4 Å². The quantitative estimate of drug-likeness (QED) is 0.852. The van der Waals surface area contributed by atoms with Gasteiger partial charge in [-0.1, -0.05) is 18.6 Å². The van der Waals surface area contributed by atoms with Crippen LogP contribution in [0.3, 0.4) is 0 Å². The van der Waals surface area contributed by atoms with Gasteiger partial charge in [0.2, 0.25) is 5.91 Å². The van der Waals surface area contributed by atoms with Gasteiger partial charge in [0.15, 0.2) is 0 Å². The number of nitrogens with two attached hydrogens (primary N) is 1. The molecule has 1 fully saturated rings. The molecular formula is C15H23N3O. The van der Waals surface area contributed by atoms with Crippen LogP contribution in [0.4, 0.5) is 5.69 Å². The number of anilines is 1. The van der Waals surface area contributed by atoms with E-state index in [1.807, 2.05) is 24.3 Å². The first-order chi connectivity index (χ1) is 9.28. The lowest BCUT2D eigenvalue weighted by Gasteiger charge is -2.25. The molecule has 0 aliphatic carbocycles. The third-order valence-corrected chi connectivity index (χ3v) is 3.55. The van der Waals surface area contributed by atoms with E-state index < -0.39 is 0 Å². The monoisotopic (exact) mass is 261 g/mol. The largest absolute Gasteiger partial charge is 0.326 e. The van der Waals surface area contributed by atoms with E-state index in [-0.39, 0.29) is 5.91 Å². The van der Waals surface area contributed by atoms with Crippen molar-refractivity contribution in [2.24, 2.45) is 5.73 Å². The lowest BCUT2D eigenvalue weighted by Crippen LogP contribution is -2.32. The first-order valence-electron chi connectivity index (χ1n) is 7.09. The first kappa shape index (κ1) is 14.0. The fourth-order valence-corrected chi connectivity index (χ4v) is 2.44. The van der Waals surface area contributed by atoms with E-state index in [1.165, 1.54) is 19.3 Å². The van der Waals surface area contributed by atoms with Crippen molar-refractivity contribution in [2.75, 3.05) is 25.0 Å². The number of hydrogen-bond acceptors (Lipinski definition) is 3. The van der Waals surface area contributed by atoms with Crippen molar-refractivity contribution in [3.8, 4) is 0 Å². The number of benzene rings is 1. The van der Waals surface area contributed by atoms with E-state index in [4.69, 9.17) is 5.73 Å². The van der Waals surface area contributed by atoms with Crippen LogP contribution >= 0.6 is 0 Å². The molecule has 2 rings (SSSR count). The Morgan fingerprint density at radius 1 is 1.26 bits per heavy atom. The molecule has 1 saturated heterocycles. The Kier molecular flexibility index (Phi) is 5.36. The standard InChI is InChI=1S/C15H23N3O/c16-12-13-5-4-6-14(11-13)17-15(19)7-10-18-8-2-1-3-9-18/h4-6,11H,1-3,7-10,12,16H2,(H,17,19). The molecule has 0 saturated carbocycles. The van der Waals surface area contributed by atoms with Crippen LogP contribution in [0.1, 0.15) is 31.2 Å². The molecule has 0 unspecified atom stereocenters. The third-order valence-electron chi connectivity index (χ3n) is 3.55.